The number of methoxy groups -OCH3 is 2. The van der Waals surface area contributed by atoms with Gasteiger partial charge in [-0.25, -0.2) is 61.8 Å². The van der Waals surface area contributed by atoms with Crippen molar-refractivity contribution in [2.75, 3.05) is 73.2 Å². The van der Waals surface area contributed by atoms with E-state index in [0.29, 0.717) is 118 Å². The second-order valence-corrected chi connectivity index (χ2v) is 42.0. The van der Waals surface area contributed by atoms with Crippen LogP contribution in [0.5, 0.6) is 23.0 Å². The lowest BCUT2D eigenvalue weighted by molar-refractivity contribution is -0.127. The largest absolute Gasteiger partial charge is 0.494 e. The number of nitrogens with two attached hydrogens (primary N) is 3. The van der Waals surface area contributed by atoms with Crippen molar-refractivity contribution in [2.24, 2.45) is 67.9 Å². The number of halogens is 7. The van der Waals surface area contributed by atoms with Gasteiger partial charge in [0.15, 0.2) is 29.0 Å². The number of aliphatic hydroxyl groups is 1. The average molecular weight is 2040 g/mol. The fourth-order valence-electron chi connectivity index (χ4n) is 22.8. The summed E-state index contributed by atoms with van der Waals surface area (Å²) in [6.45, 7) is 3.66. The zero-order valence-corrected chi connectivity index (χ0v) is 84.1. The second kappa shape index (κ2) is 40.8. The number of amides is 4. The van der Waals surface area contributed by atoms with Crippen LogP contribution in [0.1, 0.15) is 151 Å². The quantitative estimate of drug-likeness (QED) is 0.0386. The van der Waals surface area contributed by atoms with Gasteiger partial charge in [-0.1, -0.05) is 19.3 Å². The lowest BCUT2D eigenvalue weighted by atomic mass is 9.72. The van der Waals surface area contributed by atoms with Gasteiger partial charge in [-0.2, -0.15) is 8.78 Å². The van der Waals surface area contributed by atoms with Crippen LogP contribution < -0.4 is 36.1 Å². The zero-order chi connectivity index (χ0) is 103. The fourth-order valence-corrected chi connectivity index (χ4v) is 22.8. The highest BCUT2D eigenvalue weighted by atomic mass is 19.3. The Kier molecular flexibility index (Phi) is 27.3. The number of carbonyl (C=O) groups excluding carboxylic acids is 4. The van der Waals surface area contributed by atoms with Crippen molar-refractivity contribution in [3.63, 3.8) is 0 Å². The molecule has 780 valence electrons. The molecule has 7 N–H and O–H groups in total. The van der Waals surface area contributed by atoms with Gasteiger partial charge in [0.2, 0.25) is 0 Å². The van der Waals surface area contributed by atoms with Crippen LogP contribution in [0.3, 0.4) is 0 Å². The van der Waals surface area contributed by atoms with Crippen LogP contribution in [-0.4, -0.2) is 253 Å². The number of hydrogen-bond donors (Lipinski definition) is 4. The Morgan fingerprint density at radius 1 is 0.403 bits per heavy atom. The molecule has 16 aromatic rings. The number of ether oxygens (including phenoxy) is 4. The maximum Gasteiger partial charge on any atom is 0.387 e. The van der Waals surface area contributed by atoms with E-state index < -0.39 is 67.7 Å². The van der Waals surface area contributed by atoms with Gasteiger partial charge in [-0.15, -0.1) is 0 Å². The van der Waals surface area contributed by atoms with Crippen LogP contribution in [0.15, 0.2) is 146 Å². The SMILES string of the molecule is CCn1c(-c2cc3cccnc3n2CC2CC2)nc2cc(C(=O)N3C[C@@H](N)C[C@H](F)C3)cc(OC)c21.COc1cc(C(=O)N2CC(O)(C3CCCCC3)C2)cc2nc(-c3cc4cccnc4n3CC3CC3)n(C)c12.Cn1c(-c2cc3cccnc3n2CC2CC2)nc2cc(C(=O)N3C[C@@H](N)C[C@H](F)C3)cc(OC(F)F)c21.Cn1c(-c2cc3cccnc3n2CC2CC2)nc2cc(C(=O)N3C[C@@H](N)C[C@H](F)C3)cc(OCC(F)F)c21. The molecule has 0 unspecified atom stereocenters. The predicted molar refractivity (Wildman–Crippen MR) is 552 cm³/mol. The number of nitrogens with zero attached hydrogens (tertiary/aromatic N) is 20. The van der Waals surface area contributed by atoms with E-state index in [0.717, 1.165) is 160 Å². The Morgan fingerprint density at radius 3 is 1.05 bits per heavy atom. The Balaban J connectivity index is 0.000000112. The van der Waals surface area contributed by atoms with Gasteiger partial charge in [0, 0.05) is 160 Å². The number of imidazole rings is 4. The van der Waals surface area contributed by atoms with Crippen molar-refractivity contribution in [3.8, 4) is 69.1 Å². The average Bonchev–Trinajstić information content (AvgIpc) is 1.77. The summed E-state index contributed by atoms with van der Waals surface area (Å²) in [5.41, 5.74) is 30.3. The highest BCUT2D eigenvalue weighted by Gasteiger charge is 2.50. The topological polar surface area (TPSA) is 359 Å². The van der Waals surface area contributed by atoms with E-state index in [1.54, 1.807) is 79.0 Å². The molecule has 149 heavy (non-hydrogen) atoms. The molecule has 9 fully saturated rings. The zero-order valence-electron chi connectivity index (χ0n) is 84.1. The number of aryl methyl sites for hydroxylation is 4. The second-order valence-electron chi connectivity index (χ2n) is 42.0. The molecule has 25 rings (SSSR count). The molecule has 4 aromatic carbocycles. The number of likely N-dealkylation sites (tertiary alicyclic amines) is 4. The third-order valence-corrected chi connectivity index (χ3v) is 30.8. The molecule has 12 aromatic heterocycles. The van der Waals surface area contributed by atoms with Crippen LogP contribution in [0.25, 0.3) is 134 Å². The molecule has 4 amide bonds. The first-order valence-corrected chi connectivity index (χ1v) is 51.8. The number of hydrogen-bond acceptors (Lipinski definition) is 20. The third-order valence-electron chi connectivity index (χ3n) is 30.8. The minimum atomic E-state index is -3.10. The molecule has 32 nitrogen and oxygen atoms in total. The smallest absolute Gasteiger partial charge is 0.387 e. The van der Waals surface area contributed by atoms with Crippen molar-refractivity contribution >= 4 is 112 Å². The van der Waals surface area contributed by atoms with E-state index in [4.69, 9.17) is 56.1 Å². The fraction of sp³-hybridized carbons (Fsp3) is 0.455. The number of pyridine rings is 4. The Labute approximate surface area is 853 Å². The molecule has 4 saturated heterocycles. The number of rotatable bonds is 25. The van der Waals surface area contributed by atoms with Crippen molar-refractivity contribution < 1.29 is 74.0 Å². The summed E-state index contributed by atoms with van der Waals surface area (Å²) in [6.07, 6.45) is 16.8. The van der Waals surface area contributed by atoms with Crippen LogP contribution >= 0.6 is 0 Å². The van der Waals surface area contributed by atoms with E-state index in [1.165, 1.54) is 71.8 Å². The Morgan fingerprint density at radius 2 is 0.718 bits per heavy atom. The Hall–Kier alpha value is -14.1. The molecule has 6 atom stereocenters. The highest BCUT2D eigenvalue weighted by Crippen LogP contribution is 2.47. The van der Waals surface area contributed by atoms with Crippen molar-refractivity contribution in [1.29, 1.82) is 0 Å². The molecular weight excluding hydrogens is 1920 g/mol. The van der Waals surface area contributed by atoms with Crippen LogP contribution in [0.2, 0.25) is 0 Å². The molecular formula is C110H122F7N23O9. The summed E-state index contributed by atoms with van der Waals surface area (Å²) in [5.74, 6) is 5.44. The highest BCUT2D eigenvalue weighted by molar-refractivity contribution is 6.05. The molecule has 0 radical (unpaired) electrons. The monoisotopic (exact) mass is 2040 g/mol. The van der Waals surface area contributed by atoms with Gasteiger partial charge in [0.1, 0.15) is 92.6 Å². The predicted octanol–water partition coefficient (Wildman–Crippen LogP) is 17.0. The van der Waals surface area contributed by atoms with Gasteiger partial charge in [-0.3, -0.25) is 19.2 Å². The van der Waals surface area contributed by atoms with Gasteiger partial charge >= 0.3 is 6.61 Å². The molecule has 5 aliphatic carbocycles. The van der Waals surface area contributed by atoms with E-state index in [1.807, 2.05) is 80.1 Å². The number of benzene rings is 4. The van der Waals surface area contributed by atoms with Gasteiger partial charge in [0.25, 0.3) is 30.1 Å². The van der Waals surface area contributed by atoms with Gasteiger partial charge in [0.05, 0.1) is 91.8 Å². The van der Waals surface area contributed by atoms with Gasteiger partial charge < -0.3 is 97.4 Å². The third kappa shape index (κ3) is 20.1. The number of alkyl halides is 7. The lowest BCUT2D eigenvalue weighted by Gasteiger charge is -2.51. The maximum atomic E-state index is 14.2. The van der Waals surface area contributed by atoms with E-state index in [-0.39, 0.29) is 92.5 Å². The summed E-state index contributed by atoms with van der Waals surface area (Å²) < 4.78 is 134. The number of fused-ring (bicyclic) bond motifs is 8. The van der Waals surface area contributed by atoms with Crippen LogP contribution in [-0.2, 0) is 53.9 Å². The summed E-state index contributed by atoms with van der Waals surface area (Å²) in [4.78, 5) is 97.5. The summed E-state index contributed by atoms with van der Waals surface area (Å²) in [6, 6.07) is 35.9. The normalized spacial score (nSPS) is 20.1. The molecule has 16 heterocycles. The maximum absolute atomic E-state index is 14.2. The minimum absolute atomic E-state index is 0.0514. The summed E-state index contributed by atoms with van der Waals surface area (Å²) in [7, 11) is 8.76. The first-order chi connectivity index (χ1) is 72.0. The lowest BCUT2D eigenvalue weighted by Crippen LogP contribution is -2.67. The van der Waals surface area contributed by atoms with E-state index in [9.17, 15) is 55.0 Å². The molecule has 39 heteroatoms. The summed E-state index contributed by atoms with van der Waals surface area (Å²) >= 11 is 0. The molecule has 0 bridgehead atoms. The van der Waals surface area contributed by atoms with E-state index >= 15 is 0 Å². The number of piperidine rings is 3. The molecule has 5 saturated carbocycles. The standard InChI is InChI=1S/C30H35N5O3.C27H29F3N6O2.C27H31FN6O2.C26H27F3N6O2/c1-33-26-23(32-28(33)24-14-20-7-6-12-31-27(20)35(24)16-19-10-11-19)13-21(15-25(26)38-2)29(36)34-17-30(37,18-34)22-8-4-3-5-9-22;1-34-24-20(33-26(34)21-8-16-3-2-6-32-25(16)36(21)11-15-4-5-15)7-17(9-22(24)38-14-23(29)30)27(37)35-12-18(28)10-19(31)13-35;1-3-33-24-21(9-18(11-23(24)36-2)27(35)32-14-19(28)12-20(29)15-32)31-26(33)22-10-17-5-4-8-30-25(17)34(22)13-16-6-7-16;1-33-22-19(32-24(33)20-8-15-3-2-6-31-23(15)35(20)11-14-4-5-14)7-16(9-21(22)37-26(28)29)25(36)34-12-17(27)10-18(30)13-34/h6-7,12-15,19,22,37H,3-5,8-11,16-18H2,1-2H3;2-3,6-9,15,18-19,23H,4-5,10-14,31H2,1H3;4-5,8-11,16,19-20H,3,6-7,12-15,29H2,1-2H3;2-3,6-9,14,17-18,26H,4-5,10-13,30H2,1H3/t;18-,19-;19-,20-;17-,18-/m.000/s1. The van der Waals surface area contributed by atoms with Crippen LogP contribution in [0.4, 0.5) is 30.7 Å². The van der Waals surface area contributed by atoms with Crippen LogP contribution in [0, 0.1) is 29.6 Å². The first kappa shape index (κ1) is 99.6. The number of carbonyl (C=O) groups is 4. The van der Waals surface area contributed by atoms with E-state index in [2.05, 4.69) is 78.5 Å². The summed E-state index contributed by atoms with van der Waals surface area (Å²) in [5, 5.41) is 15.3. The van der Waals surface area contributed by atoms with Gasteiger partial charge in [-0.05, 0) is 241 Å². The molecule has 4 aliphatic heterocycles. The number of aromatic nitrogens is 16. The van der Waals surface area contributed by atoms with Crippen molar-refractivity contribution in [2.45, 2.75) is 198 Å². The molecule has 9 aliphatic rings. The molecule has 0 spiro atoms. The Bertz CT molecular complexity index is 7780. The van der Waals surface area contributed by atoms with Crippen molar-refractivity contribution in [1.82, 2.24) is 96.0 Å². The van der Waals surface area contributed by atoms with Crippen molar-refractivity contribution in [3.05, 3.63) is 168 Å². The first-order valence-electron chi connectivity index (χ1n) is 51.8. The number of β-amino-alcohol motifs (C(OH)–C–C–N with tert-alkyl or cyclic N) is 1. The minimum Gasteiger partial charge on any atom is -0.494 e.